The number of carbonyl (C=O) groups excluding carboxylic acids is 2. The fourth-order valence-corrected chi connectivity index (χ4v) is 8.08. The number of H-pyrrole nitrogens is 1. The second-order valence-electron chi connectivity index (χ2n) is 14.5. The maximum atomic E-state index is 14.1. The summed E-state index contributed by atoms with van der Waals surface area (Å²) in [6.07, 6.45) is 2.71. The molecular formula is C39H40F3N9O2. The molecule has 4 aromatic rings. The number of alkyl halides is 3. The SMILES string of the molecule is CN=CN=C(N)c1ccc(C2=CCN(C(=O)CN3CC[C@]4(CCN(c5ccc6[nH]nc(-c7ccnc(C8(C(F)(F)F)CC8)c7)c6c5)C4=O)C3)CC2)cc1. The summed E-state index contributed by atoms with van der Waals surface area (Å²) in [5.74, 6) is 0.486. The molecule has 2 aromatic carbocycles. The molecule has 11 nitrogen and oxygen atoms in total. The fraction of sp³-hybridized carbons (Fsp3) is 0.385. The predicted octanol–water partition coefficient (Wildman–Crippen LogP) is 5.33. The summed E-state index contributed by atoms with van der Waals surface area (Å²) in [5, 5.41) is 8.15. The van der Waals surface area contributed by atoms with Crippen molar-refractivity contribution in [3.8, 4) is 11.3 Å². The Bertz CT molecular complexity index is 2170. The Kier molecular flexibility index (Phi) is 8.67. The molecule has 0 radical (unpaired) electrons. The first-order valence-corrected chi connectivity index (χ1v) is 17.9. The number of anilines is 1. The van der Waals surface area contributed by atoms with E-state index in [1.54, 1.807) is 18.0 Å². The van der Waals surface area contributed by atoms with Crippen LogP contribution in [0.3, 0.4) is 0 Å². The van der Waals surface area contributed by atoms with Gasteiger partial charge in [-0.1, -0.05) is 30.3 Å². The highest BCUT2D eigenvalue weighted by Gasteiger charge is 2.65. The zero-order valence-corrected chi connectivity index (χ0v) is 29.4. The number of amides is 2. The van der Waals surface area contributed by atoms with E-state index in [-0.39, 0.29) is 36.9 Å². The number of aliphatic imine (C=N–C) groups is 2. The molecule has 3 fully saturated rings. The van der Waals surface area contributed by atoms with E-state index in [4.69, 9.17) is 5.73 Å². The first-order chi connectivity index (χ1) is 25.5. The summed E-state index contributed by atoms with van der Waals surface area (Å²) in [6.45, 7) is 3.14. The van der Waals surface area contributed by atoms with Crippen LogP contribution in [0.2, 0.25) is 0 Å². The highest BCUT2D eigenvalue weighted by Crippen LogP contribution is 2.58. The second-order valence-corrected chi connectivity index (χ2v) is 14.5. The molecule has 2 aromatic heterocycles. The molecule has 14 heteroatoms. The van der Waals surface area contributed by atoms with Crippen molar-refractivity contribution in [3.63, 3.8) is 0 Å². The Morgan fingerprint density at radius 3 is 2.53 bits per heavy atom. The molecule has 4 aliphatic rings. The van der Waals surface area contributed by atoms with E-state index in [1.165, 1.54) is 24.2 Å². The van der Waals surface area contributed by atoms with Crippen molar-refractivity contribution < 1.29 is 22.8 Å². The van der Waals surface area contributed by atoms with Crippen LogP contribution in [0, 0.1) is 5.41 Å². The zero-order chi connectivity index (χ0) is 37.0. The molecule has 0 unspecified atom stereocenters. The molecule has 1 atom stereocenters. The van der Waals surface area contributed by atoms with Gasteiger partial charge in [0.05, 0.1) is 23.2 Å². The van der Waals surface area contributed by atoms with Crippen LogP contribution < -0.4 is 10.6 Å². The molecule has 53 heavy (non-hydrogen) atoms. The van der Waals surface area contributed by atoms with Crippen LogP contribution in [0.25, 0.3) is 27.7 Å². The third-order valence-electron chi connectivity index (χ3n) is 11.4. The summed E-state index contributed by atoms with van der Waals surface area (Å²) < 4.78 is 41.6. The molecule has 5 heterocycles. The van der Waals surface area contributed by atoms with Crippen LogP contribution in [-0.2, 0) is 15.0 Å². The molecular weight excluding hydrogens is 683 g/mol. The maximum Gasteiger partial charge on any atom is 0.399 e. The Labute approximate surface area is 304 Å². The lowest BCUT2D eigenvalue weighted by Gasteiger charge is -2.29. The molecule has 8 rings (SSSR count). The Morgan fingerprint density at radius 2 is 1.81 bits per heavy atom. The normalized spacial score (nSPS) is 22.1. The summed E-state index contributed by atoms with van der Waals surface area (Å²) in [7, 11) is 1.64. The average molecular weight is 724 g/mol. The van der Waals surface area contributed by atoms with Crippen molar-refractivity contribution in [2.24, 2.45) is 21.1 Å². The van der Waals surface area contributed by atoms with Crippen LogP contribution in [0.5, 0.6) is 0 Å². The van der Waals surface area contributed by atoms with Gasteiger partial charge >= 0.3 is 6.18 Å². The third kappa shape index (κ3) is 6.28. The number of likely N-dealkylation sites (tertiary alicyclic amines) is 1. The van der Waals surface area contributed by atoms with Crippen LogP contribution in [0.15, 0.2) is 76.9 Å². The van der Waals surface area contributed by atoms with Gasteiger partial charge in [-0.15, -0.1) is 0 Å². The van der Waals surface area contributed by atoms with E-state index in [2.05, 4.69) is 36.1 Å². The summed E-state index contributed by atoms with van der Waals surface area (Å²) in [4.78, 5) is 45.3. The van der Waals surface area contributed by atoms with Crippen LogP contribution >= 0.6 is 0 Å². The van der Waals surface area contributed by atoms with E-state index < -0.39 is 17.0 Å². The Morgan fingerprint density at radius 1 is 1.02 bits per heavy atom. The van der Waals surface area contributed by atoms with Crippen molar-refractivity contribution in [3.05, 3.63) is 83.7 Å². The molecule has 2 amide bonds. The zero-order valence-electron chi connectivity index (χ0n) is 29.4. The maximum absolute atomic E-state index is 14.1. The highest BCUT2D eigenvalue weighted by molar-refractivity contribution is 6.03. The molecule has 3 N–H and O–H groups in total. The van der Waals surface area contributed by atoms with Crippen LogP contribution in [0.1, 0.15) is 48.9 Å². The van der Waals surface area contributed by atoms with Crippen molar-refractivity contribution in [1.29, 1.82) is 0 Å². The van der Waals surface area contributed by atoms with Gasteiger partial charge in [0, 0.05) is 61.6 Å². The lowest BCUT2D eigenvalue weighted by molar-refractivity contribution is -0.161. The number of nitrogens with two attached hydrogens (primary N) is 1. The minimum Gasteiger partial charge on any atom is -0.383 e. The van der Waals surface area contributed by atoms with Gasteiger partial charge < -0.3 is 15.5 Å². The molecule has 1 aliphatic carbocycles. The molecule has 3 aliphatic heterocycles. The van der Waals surface area contributed by atoms with Crippen molar-refractivity contribution >= 4 is 46.2 Å². The summed E-state index contributed by atoms with van der Waals surface area (Å²) in [5.41, 5.74) is 9.15. The molecule has 1 saturated carbocycles. The number of amidine groups is 1. The molecule has 1 spiro atoms. The monoisotopic (exact) mass is 723 g/mol. The topological polar surface area (TPSA) is 136 Å². The molecule has 2 saturated heterocycles. The number of aromatic nitrogens is 3. The number of halogens is 3. The van der Waals surface area contributed by atoms with Crippen molar-refractivity contribution in [1.82, 2.24) is 25.0 Å². The van der Waals surface area contributed by atoms with Crippen molar-refractivity contribution in [2.75, 3.05) is 51.2 Å². The fourth-order valence-electron chi connectivity index (χ4n) is 8.08. The molecule has 274 valence electrons. The van der Waals surface area contributed by atoms with E-state index >= 15 is 0 Å². The lowest BCUT2D eigenvalue weighted by Crippen LogP contribution is -2.43. The number of aromatic amines is 1. The number of rotatable bonds is 8. The minimum atomic E-state index is -4.37. The van der Waals surface area contributed by atoms with E-state index in [0.717, 1.165) is 28.5 Å². The van der Waals surface area contributed by atoms with Crippen molar-refractivity contribution in [2.45, 2.75) is 43.7 Å². The standard InChI is InChI=1S/C39H40F3N9O2/c1-44-24-46-35(43)27-4-2-25(3-5-27)26-9-16-50(17-10-26)33(52)22-49-18-13-37(23-49)14-19-51(36(37)53)29-6-7-31-30(21-29)34(48-47-31)28-8-15-45-32(20-28)38(11-12-38)39(40,41)42/h2-9,15,20-21,24H,10-14,16-19,22-23H2,1H3,(H,47,48)(H2,43,44,46)/t37-/m0/s1. The number of nitrogens with one attached hydrogen (secondary N) is 1. The first kappa shape index (κ1) is 34.7. The Balaban J connectivity index is 0.907. The number of nitrogens with zero attached hydrogens (tertiary/aromatic N) is 7. The van der Waals surface area contributed by atoms with Gasteiger partial charge in [0.1, 0.15) is 23.3 Å². The van der Waals surface area contributed by atoms with Gasteiger partial charge in [0.2, 0.25) is 11.8 Å². The lowest BCUT2D eigenvalue weighted by atomic mass is 9.85. The van der Waals surface area contributed by atoms with Crippen LogP contribution in [-0.4, -0.2) is 101 Å². The van der Waals surface area contributed by atoms with Gasteiger partial charge in [-0.05, 0) is 80.1 Å². The van der Waals surface area contributed by atoms with E-state index in [9.17, 15) is 22.8 Å². The number of fused-ring (bicyclic) bond motifs is 1. The number of carbonyl (C=O) groups is 2. The largest absolute Gasteiger partial charge is 0.399 e. The predicted molar refractivity (Wildman–Crippen MR) is 198 cm³/mol. The second kappa shape index (κ2) is 13.2. The molecule has 0 bridgehead atoms. The van der Waals surface area contributed by atoms with Gasteiger partial charge in [-0.25, -0.2) is 4.99 Å². The smallest absolute Gasteiger partial charge is 0.383 e. The van der Waals surface area contributed by atoms with Gasteiger partial charge in [0.15, 0.2) is 0 Å². The Hall–Kier alpha value is -5.37. The van der Waals surface area contributed by atoms with E-state index in [1.807, 2.05) is 47.4 Å². The average Bonchev–Trinajstić information content (AvgIpc) is 3.61. The van der Waals surface area contributed by atoms with Gasteiger partial charge in [-0.3, -0.25) is 29.6 Å². The van der Waals surface area contributed by atoms with Gasteiger partial charge in [-0.2, -0.15) is 18.3 Å². The van der Waals surface area contributed by atoms with Gasteiger partial charge in [0.25, 0.3) is 0 Å². The number of hydrogen-bond donors (Lipinski definition) is 2. The summed E-state index contributed by atoms with van der Waals surface area (Å²) >= 11 is 0. The quantitative estimate of drug-likeness (QED) is 0.187. The number of benzene rings is 2. The third-order valence-corrected chi connectivity index (χ3v) is 11.4. The van der Waals surface area contributed by atoms with E-state index in [0.29, 0.717) is 68.3 Å². The highest BCUT2D eigenvalue weighted by atomic mass is 19.4. The number of hydrogen-bond acceptors (Lipinski definition) is 6. The first-order valence-electron chi connectivity index (χ1n) is 17.9. The minimum absolute atomic E-state index is 0.00934. The number of pyridine rings is 1. The van der Waals surface area contributed by atoms with Crippen LogP contribution in [0.4, 0.5) is 18.9 Å². The summed E-state index contributed by atoms with van der Waals surface area (Å²) in [6, 6.07) is 16.7.